The molecule has 2 N–H and O–H groups in total. The first-order valence-corrected chi connectivity index (χ1v) is 8.81. The molecule has 0 fully saturated rings. The zero-order valence-electron chi connectivity index (χ0n) is 13.5. The zero-order chi connectivity index (χ0) is 18.1. The summed E-state index contributed by atoms with van der Waals surface area (Å²) >= 11 is 1.24. The number of halogens is 1. The Hall–Kier alpha value is -3.07. The molecule has 4 rings (SSSR count). The summed E-state index contributed by atoms with van der Waals surface area (Å²) in [6, 6.07) is 6.13. The molecular weight excluding hydrogens is 357 g/mol. The van der Waals surface area contributed by atoms with Crippen molar-refractivity contribution in [3.05, 3.63) is 52.9 Å². The maximum atomic E-state index is 13.5. The molecule has 0 aliphatic carbocycles. The van der Waals surface area contributed by atoms with Crippen LogP contribution in [0.3, 0.4) is 0 Å². The first-order chi connectivity index (χ1) is 12.6. The summed E-state index contributed by atoms with van der Waals surface area (Å²) in [6.45, 7) is 0.643. The number of carbonyl (C=O) groups is 2. The predicted molar refractivity (Wildman–Crippen MR) is 93.8 cm³/mol. The molecule has 0 radical (unpaired) electrons. The molecule has 7 nitrogen and oxygen atoms in total. The van der Waals surface area contributed by atoms with Gasteiger partial charge in [0.1, 0.15) is 5.82 Å². The second-order valence-electron chi connectivity index (χ2n) is 5.81. The van der Waals surface area contributed by atoms with Crippen LogP contribution in [0.15, 0.2) is 35.8 Å². The third-order valence-electron chi connectivity index (χ3n) is 4.17. The molecule has 9 heteroatoms. The van der Waals surface area contributed by atoms with Crippen LogP contribution in [0.1, 0.15) is 11.3 Å². The van der Waals surface area contributed by atoms with Crippen LogP contribution >= 0.6 is 11.3 Å². The van der Waals surface area contributed by atoms with Crippen molar-refractivity contribution in [1.82, 2.24) is 20.1 Å². The number of aromatic amines is 1. The Kier molecular flexibility index (Phi) is 4.21. The third kappa shape index (κ3) is 3.08. The van der Waals surface area contributed by atoms with E-state index in [2.05, 4.69) is 20.5 Å². The number of rotatable bonds is 2. The molecule has 0 saturated carbocycles. The Morgan fingerprint density at radius 1 is 1.35 bits per heavy atom. The van der Waals surface area contributed by atoms with E-state index in [0.29, 0.717) is 29.4 Å². The number of nitrogens with one attached hydrogen (secondary N) is 2. The fraction of sp³-hybridized carbons (Fsp3) is 0.176. The van der Waals surface area contributed by atoms with E-state index in [1.165, 1.54) is 28.4 Å². The zero-order valence-corrected chi connectivity index (χ0v) is 14.3. The molecule has 2 aromatic heterocycles. The van der Waals surface area contributed by atoms with E-state index in [1.54, 1.807) is 23.7 Å². The van der Waals surface area contributed by atoms with Gasteiger partial charge in [0, 0.05) is 41.4 Å². The summed E-state index contributed by atoms with van der Waals surface area (Å²) < 4.78 is 13.5. The van der Waals surface area contributed by atoms with Crippen LogP contribution in [-0.4, -0.2) is 38.4 Å². The van der Waals surface area contributed by atoms with Gasteiger partial charge in [0.05, 0.1) is 12.2 Å². The van der Waals surface area contributed by atoms with E-state index in [0.717, 1.165) is 11.3 Å². The number of hydrogen-bond acceptors (Lipinski definition) is 5. The highest BCUT2D eigenvalue weighted by atomic mass is 32.1. The minimum Gasteiger partial charge on any atom is -0.330 e. The molecular formula is C17H14FN5O2S. The fourth-order valence-electron chi connectivity index (χ4n) is 2.92. The van der Waals surface area contributed by atoms with Gasteiger partial charge in [0.2, 0.25) is 0 Å². The lowest BCUT2D eigenvalue weighted by Crippen LogP contribution is -2.42. The Morgan fingerprint density at radius 2 is 2.23 bits per heavy atom. The lowest BCUT2D eigenvalue weighted by Gasteiger charge is -2.26. The van der Waals surface area contributed by atoms with E-state index in [-0.39, 0.29) is 12.4 Å². The van der Waals surface area contributed by atoms with Crippen LogP contribution in [0.25, 0.3) is 11.3 Å². The molecule has 1 aliphatic heterocycles. The van der Waals surface area contributed by atoms with Crippen molar-refractivity contribution in [2.24, 2.45) is 0 Å². The van der Waals surface area contributed by atoms with Crippen LogP contribution in [-0.2, 0) is 22.6 Å². The minimum absolute atomic E-state index is 0.238. The third-order valence-corrected chi connectivity index (χ3v) is 4.85. The van der Waals surface area contributed by atoms with E-state index >= 15 is 0 Å². The molecule has 132 valence electrons. The van der Waals surface area contributed by atoms with Crippen molar-refractivity contribution in [3.8, 4) is 11.3 Å². The summed E-state index contributed by atoms with van der Waals surface area (Å²) in [5.74, 6) is -1.71. The number of nitrogens with zero attached hydrogens (tertiary/aromatic N) is 3. The fourth-order valence-corrected chi connectivity index (χ4v) is 3.45. The molecule has 0 bridgehead atoms. The predicted octanol–water partition coefficient (Wildman–Crippen LogP) is 2.20. The van der Waals surface area contributed by atoms with Crippen molar-refractivity contribution in [3.63, 3.8) is 0 Å². The Morgan fingerprint density at radius 3 is 3.00 bits per heavy atom. The van der Waals surface area contributed by atoms with Gasteiger partial charge in [-0.1, -0.05) is 12.1 Å². The largest absolute Gasteiger partial charge is 0.330 e. The molecule has 0 spiro atoms. The second-order valence-corrected chi connectivity index (χ2v) is 6.70. The summed E-state index contributed by atoms with van der Waals surface area (Å²) in [5.41, 5.74) is 2.92. The molecule has 0 unspecified atom stereocenters. The highest BCUT2D eigenvalue weighted by Gasteiger charge is 2.29. The summed E-state index contributed by atoms with van der Waals surface area (Å²) in [7, 11) is 0. The standard InChI is InChI=1S/C17H14FN5O2S/c18-11-3-1-2-10(8-11)14-12-9-23(6-4-13(12)21-22-14)16(25)15(24)20-17-19-5-7-26-17/h1-3,5,7-8H,4,6,9H2,(H,21,22)(H,19,20,24). The van der Waals surface area contributed by atoms with Gasteiger partial charge in [0.25, 0.3) is 0 Å². The van der Waals surface area contributed by atoms with Crippen LogP contribution in [0.5, 0.6) is 0 Å². The molecule has 0 saturated heterocycles. The van der Waals surface area contributed by atoms with Gasteiger partial charge in [-0.3, -0.25) is 20.0 Å². The molecule has 3 heterocycles. The molecule has 26 heavy (non-hydrogen) atoms. The van der Waals surface area contributed by atoms with E-state index in [4.69, 9.17) is 0 Å². The van der Waals surface area contributed by atoms with Crippen molar-refractivity contribution < 1.29 is 14.0 Å². The van der Waals surface area contributed by atoms with Crippen LogP contribution < -0.4 is 5.32 Å². The summed E-state index contributed by atoms with van der Waals surface area (Å²) in [4.78, 5) is 30.0. The number of hydrogen-bond donors (Lipinski definition) is 2. The van der Waals surface area contributed by atoms with Crippen LogP contribution in [0.4, 0.5) is 9.52 Å². The van der Waals surface area contributed by atoms with Gasteiger partial charge >= 0.3 is 11.8 Å². The van der Waals surface area contributed by atoms with Gasteiger partial charge in [-0.05, 0) is 12.1 Å². The number of amides is 2. The lowest BCUT2D eigenvalue weighted by atomic mass is 10.0. The van der Waals surface area contributed by atoms with Gasteiger partial charge in [-0.2, -0.15) is 5.10 Å². The van der Waals surface area contributed by atoms with Crippen molar-refractivity contribution in [2.45, 2.75) is 13.0 Å². The number of carbonyl (C=O) groups excluding carboxylic acids is 2. The van der Waals surface area contributed by atoms with E-state index in [1.807, 2.05) is 0 Å². The maximum Gasteiger partial charge on any atom is 0.315 e. The van der Waals surface area contributed by atoms with E-state index < -0.39 is 11.8 Å². The van der Waals surface area contributed by atoms with Crippen LogP contribution in [0.2, 0.25) is 0 Å². The molecule has 0 atom stereocenters. The summed E-state index contributed by atoms with van der Waals surface area (Å²) in [6.07, 6.45) is 2.10. The second kappa shape index (κ2) is 6.68. The highest BCUT2D eigenvalue weighted by Crippen LogP contribution is 2.28. The first-order valence-electron chi connectivity index (χ1n) is 7.93. The molecule has 1 aromatic carbocycles. The quantitative estimate of drug-likeness (QED) is 0.676. The Bertz CT molecular complexity index is 969. The topological polar surface area (TPSA) is 91.0 Å². The Labute approximate surface area is 151 Å². The maximum absolute atomic E-state index is 13.5. The molecule has 3 aromatic rings. The number of fused-ring (bicyclic) bond motifs is 1. The smallest absolute Gasteiger partial charge is 0.315 e. The van der Waals surface area contributed by atoms with Gasteiger partial charge in [-0.15, -0.1) is 11.3 Å². The number of thiazole rings is 1. The normalized spacial score (nSPS) is 13.3. The molecule has 1 aliphatic rings. The van der Waals surface area contributed by atoms with Crippen molar-refractivity contribution in [1.29, 1.82) is 0 Å². The average Bonchev–Trinajstić information content (AvgIpc) is 3.30. The van der Waals surface area contributed by atoms with Crippen molar-refractivity contribution in [2.75, 3.05) is 11.9 Å². The lowest BCUT2D eigenvalue weighted by molar-refractivity contribution is -0.143. The van der Waals surface area contributed by atoms with Gasteiger partial charge < -0.3 is 4.90 Å². The Balaban J connectivity index is 1.55. The summed E-state index contributed by atoms with van der Waals surface area (Å²) in [5, 5.41) is 11.8. The first kappa shape index (κ1) is 16.4. The molecule has 2 amide bonds. The van der Waals surface area contributed by atoms with Crippen molar-refractivity contribution >= 4 is 28.3 Å². The number of anilines is 1. The minimum atomic E-state index is -0.723. The van der Waals surface area contributed by atoms with Gasteiger partial charge in [0.15, 0.2) is 5.13 Å². The number of benzene rings is 1. The number of aromatic nitrogens is 3. The monoisotopic (exact) mass is 371 g/mol. The SMILES string of the molecule is O=C(Nc1nccs1)C(=O)N1CCc2[nH]nc(-c3cccc(F)c3)c2C1. The highest BCUT2D eigenvalue weighted by molar-refractivity contribution is 7.13. The van der Waals surface area contributed by atoms with Crippen LogP contribution in [0, 0.1) is 5.82 Å². The van der Waals surface area contributed by atoms with Gasteiger partial charge in [-0.25, -0.2) is 9.37 Å². The number of H-pyrrole nitrogens is 1. The van der Waals surface area contributed by atoms with E-state index in [9.17, 15) is 14.0 Å². The average molecular weight is 371 g/mol.